The van der Waals surface area contributed by atoms with Crippen molar-refractivity contribution < 1.29 is 4.74 Å². The van der Waals surface area contributed by atoms with Crippen LogP contribution in [0.1, 0.15) is 16.8 Å². The molecule has 5 rings (SSSR count). The fourth-order valence-electron chi connectivity index (χ4n) is 3.69. The summed E-state index contributed by atoms with van der Waals surface area (Å²) in [4.78, 5) is 11.7. The summed E-state index contributed by atoms with van der Waals surface area (Å²) in [5, 5.41) is 12.6. The number of nitrogens with zero attached hydrogens (tertiary/aromatic N) is 7. The van der Waals surface area contributed by atoms with Gasteiger partial charge in [0.1, 0.15) is 5.82 Å². The van der Waals surface area contributed by atoms with Crippen LogP contribution in [0.3, 0.4) is 0 Å². The predicted molar refractivity (Wildman–Crippen MR) is 120 cm³/mol. The van der Waals surface area contributed by atoms with Crippen LogP contribution in [-0.2, 0) is 11.3 Å². The molecule has 4 heterocycles. The summed E-state index contributed by atoms with van der Waals surface area (Å²) < 4.78 is 7.43. The molecule has 0 spiro atoms. The first-order valence-corrected chi connectivity index (χ1v) is 10.3. The third-order valence-corrected chi connectivity index (χ3v) is 5.21. The molecule has 31 heavy (non-hydrogen) atoms. The second kappa shape index (κ2) is 8.61. The summed E-state index contributed by atoms with van der Waals surface area (Å²) in [5.41, 5.74) is 5.72. The second-order valence-electron chi connectivity index (χ2n) is 7.52. The molecule has 0 unspecified atom stereocenters. The van der Waals surface area contributed by atoms with E-state index in [1.54, 1.807) is 12.4 Å². The molecule has 0 amide bonds. The number of fused-ring (bicyclic) bond motifs is 1. The lowest BCUT2D eigenvalue weighted by molar-refractivity contribution is 0.122. The normalized spacial score (nSPS) is 14.5. The van der Waals surface area contributed by atoms with Crippen molar-refractivity contribution in [3.05, 3.63) is 71.7 Å². The minimum atomic E-state index is 0.499. The largest absolute Gasteiger partial charge is 0.378 e. The number of rotatable bonds is 5. The van der Waals surface area contributed by atoms with Gasteiger partial charge < -0.3 is 9.64 Å². The molecule has 0 atom stereocenters. The first kappa shape index (κ1) is 19.3. The molecule has 0 bridgehead atoms. The van der Waals surface area contributed by atoms with Crippen molar-refractivity contribution in [1.82, 2.24) is 24.8 Å². The first-order valence-electron chi connectivity index (χ1n) is 10.3. The Morgan fingerprint density at radius 2 is 2.00 bits per heavy atom. The Hall–Kier alpha value is -3.65. The molecule has 0 saturated carbocycles. The van der Waals surface area contributed by atoms with Gasteiger partial charge in [-0.15, -0.1) is 0 Å². The molecule has 8 nitrogen and oxygen atoms in total. The molecule has 1 fully saturated rings. The quantitative estimate of drug-likeness (QED) is 0.468. The molecule has 0 N–H and O–H groups in total. The van der Waals surface area contributed by atoms with Crippen LogP contribution in [0.2, 0.25) is 0 Å². The molecule has 8 heteroatoms. The number of aliphatic imine (C=N–C) groups is 1. The third kappa shape index (κ3) is 4.29. The van der Waals surface area contributed by atoms with E-state index in [-0.39, 0.29) is 0 Å². The highest BCUT2D eigenvalue weighted by Crippen LogP contribution is 2.24. The number of aromatic nitrogens is 5. The van der Waals surface area contributed by atoms with Gasteiger partial charge in [-0.2, -0.15) is 19.8 Å². The van der Waals surface area contributed by atoms with Crippen molar-refractivity contribution in [3.63, 3.8) is 0 Å². The van der Waals surface area contributed by atoms with Crippen molar-refractivity contribution in [3.8, 4) is 11.3 Å². The predicted octanol–water partition coefficient (Wildman–Crippen LogP) is 2.95. The number of aryl methyl sites for hydroxylation is 1. The van der Waals surface area contributed by atoms with E-state index in [4.69, 9.17) is 14.8 Å². The van der Waals surface area contributed by atoms with Crippen molar-refractivity contribution in [2.45, 2.75) is 13.5 Å². The van der Waals surface area contributed by atoms with E-state index in [1.165, 1.54) is 5.56 Å². The molecular weight excluding hydrogens is 390 g/mol. The molecule has 1 aromatic carbocycles. The van der Waals surface area contributed by atoms with Crippen LogP contribution in [-0.4, -0.2) is 57.3 Å². The van der Waals surface area contributed by atoms with Gasteiger partial charge >= 0.3 is 0 Å². The van der Waals surface area contributed by atoms with Gasteiger partial charge in [0.05, 0.1) is 43.5 Å². The Labute approximate surface area is 180 Å². The number of hydrogen-bond acceptors (Lipinski definition) is 7. The number of hydrogen-bond donors (Lipinski definition) is 0. The lowest BCUT2D eigenvalue weighted by Crippen LogP contribution is -2.37. The maximum atomic E-state index is 5.54. The average molecular weight is 413 g/mol. The van der Waals surface area contributed by atoms with Crippen molar-refractivity contribution in [2.24, 2.45) is 4.99 Å². The van der Waals surface area contributed by atoms with E-state index in [2.05, 4.69) is 51.3 Å². The van der Waals surface area contributed by atoms with Crippen LogP contribution in [0.4, 0.5) is 5.82 Å². The smallest absolute Gasteiger partial charge is 0.158 e. The maximum absolute atomic E-state index is 5.54. The zero-order valence-corrected chi connectivity index (χ0v) is 17.3. The van der Waals surface area contributed by atoms with Crippen LogP contribution < -0.4 is 4.90 Å². The van der Waals surface area contributed by atoms with Gasteiger partial charge in [0.15, 0.2) is 5.65 Å². The lowest BCUT2D eigenvalue weighted by atomic mass is 10.1. The van der Waals surface area contributed by atoms with Crippen LogP contribution in [0.25, 0.3) is 16.9 Å². The lowest BCUT2D eigenvalue weighted by Gasteiger charge is -2.29. The zero-order valence-electron chi connectivity index (χ0n) is 17.3. The average Bonchev–Trinajstić information content (AvgIpc) is 3.24. The highest BCUT2D eigenvalue weighted by Gasteiger charge is 2.18. The molecule has 0 radical (unpaired) electrons. The fraction of sp³-hybridized carbons (Fsp3) is 0.261. The fourth-order valence-corrected chi connectivity index (χ4v) is 3.69. The summed E-state index contributed by atoms with van der Waals surface area (Å²) in [5.74, 6) is 1.00. The highest BCUT2D eigenvalue weighted by molar-refractivity contribution is 5.79. The number of benzene rings is 1. The molecule has 3 aromatic heterocycles. The van der Waals surface area contributed by atoms with E-state index >= 15 is 0 Å². The Morgan fingerprint density at radius 3 is 2.81 bits per heavy atom. The van der Waals surface area contributed by atoms with E-state index in [1.807, 2.05) is 28.9 Å². The summed E-state index contributed by atoms with van der Waals surface area (Å²) in [6, 6.07) is 14.2. The Balaban J connectivity index is 1.50. The maximum Gasteiger partial charge on any atom is 0.158 e. The minimum Gasteiger partial charge on any atom is -0.378 e. The van der Waals surface area contributed by atoms with Gasteiger partial charge in [-0.1, -0.05) is 29.8 Å². The summed E-state index contributed by atoms with van der Waals surface area (Å²) in [6.45, 7) is 5.62. The molecule has 1 aliphatic heterocycles. The van der Waals surface area contributed by atoms with Crippen LogP contribution in [0.5, 0.6) is 0 Å². The van der Waals surface area contributed by atoms with E-state index in [9.17, 15) is 0 Å². The summed E-state index contributed by atoms with van der Waals surface area (Å²) in [6.07, 6.45) is 5.28. The molecule has 1 saturated heterocycles. The molecular formula is C23H23N7O. The van der Waals surface area contributed by atoms with Crippen LogP contribution in [0.15, 0.2) is 59.9 Å². The van der Waals surface area contributed by atoms with Gasteiger partial charge in [0, 0.05) is 37.0 Å². The third-order valence-electron chi connectivity index (χ3n) is 5.21. The van der Waals surface area contributed by atoms with Crippen molar-refractivity contribution in [1.29, 1.82) is 0 Å². The van der Waals surface area contributed by atoms with Gasteiger partial charge in [-0.25, -0.2) is 4.98 Å². The van der Waals surface area contributed by atoms with Crippen LogP contribution in [0, 0.1) is 6.92 Å². The number of ether oxygens (including phenoxy) is 1. The SMILES string of the molecule is Cc1cccc(C=NCc2cc(N3CCOCC3)n3nc(-c4ccnnc4)cc3n2)c1. The number of morpholine rings is 1. The second-order valence-corrected chi connectivity index (χ2v) is 7.52. The van der Waals surface area contributed by atoms with Gasteiger partial charge in [0.25, 0.3) is 0 Å². The summed E-state index contributed by atoms with van der Waals surface area (Å²) in [7, 11) is 0. The molecule has 4 aromatic rings. The Kier molecular flexibility index (Phi) is 5.37. The van der Waals surface area contributed by atoms with E-state index in [0.717, 1.165) is 47.1 Å². The minimum absolute atomic E-state index is 0.499. The van der Waals surface area contributed by atoms with E-state index < -0.39 is 0 Å². The molecule has 1 aliphatic rings. The van der Waals surface area contributed by atoms with Gasteiger partial charge in [-0.05, 0) is 18.6 Å². The van der Waals surface area contributed by atoms with E-state index in [0.29, 0.717) is 19.8 Å². The first-order chi connectivity index (χ1) is 15.3. The summed E-state index contributed by atoms with van der Waals surface area (Å²) >= 11 is 0. The topological polar surface area (TPSA) is 80.8 Å². The molecule has 0 aliphatic carbocycles. The van der Waals surface area contributed by atoms with Gasteiger partial charge in [-0.3, -0.25) is 4.99 Å². The Morgan fingerprint density at radius 1 is 1.10 bits per heavy atom. The molecule has 156 valence electrons. The number of anilines is 1. The zero-order chi connectivity index (χ0) is 21.0. The standard InChI is InChI=1S/C23H23N7O/c1-17-3-2-4-18(11-17)14-24-16-20-12-23(29-7-9-31-10-8-29)30-22(27-20)13-21(28-30)19-5-6-25-26-15-19/h2-6,11-15H,7-10,16H2,1H3. The van der Waals surface area contributed by atoms with Gasteiger partial charge in [0.2, 0.25) is 0 Å². The Bertz CT molecular complexity index is 1210. The monoisotopic (exact) mass is 413 g/mol. The van der Waals surface area contributed by atoms with Crippen molar-refractivity contribution in [2.75, 3.05) is 31.2 Å². The van der Waals surface area contributed by atoms with Crippen molar-refractivity contribution >= 4 is 17.7 Å². The van der Waals surface area contributed by atoms with Crippen LogP contribution >= 0.6 is 0 Å². The highest BCUT2D eigenvalue weighted by atomic mass is 16.5.